The second-order valence-corrected chi connectivity index (χ2v) is 5.76. The number of rotatable bonds is 3. The first-order valence-corrected chi connectivity index (χ1v) is 7.45. The molecule has 3 heteroatoms. The fourth-order valence-electron chi connectivity index (χ4n) is 2.03. The van der Waals surface area contributed by atoms with Crippen LogP contribution in [-0.4, -0.2) is 4.98 Å². The van der Waals surface area contributed by atoms with Crippen LogP contribution >= 0.6 is 11.3 Å². The number of hydrogen-bond donors (Lipinski definition) is 1. The largest absolute Gasteiger partial charge is 0.332 e. The lowest BCUT2D eigenvalue weighted by atomic mass is 10.1. The van der Waals surface area contributed by atoms with Gasteiger partial charge in [0.25, 0.3) is 0 Å². The fourth-order valence-corrected chi connectivity index (χ4v) is 2.77. The van der Waals surface area contributed by atoms with Crippen molar-refractivity contribution < 1.29 is 0 Å². The summed E-state index contributed by atoms with van der Waals surface area (Å²) in [6.07, 6.45) is 0. The van der Waals surface area contributed by atoms with Crippen molar-refractivity contribution in [2.45, 2.75) is 13.8 Å². The van der Waals surface area contributed by atoms with Crippen LogP contribution in [0.25, 0.3) is 11.3 Å². The Balaban J connectivity index is 1.82. The van der Waals surface area contributed by atoms with Crippen molar-refractivity contribution in [1.29, 1.82) is 0 Å². The fraction of sp³-hybridized carbons (Fsp3) is 0.118. The molecule has 0 bridgehead atoms. The Kier molecular flexibility index (Phi) is 3.52. The van der Waals surface area contributed by atoms with E-state index in [4.69, 9.17) is 0 Å². The summed E-state index contributed by atoms with van der Waals surface area (Å²) in [6.45, 7) is 4.18. The molecule has 0 aliphatic carbocycles. The average molecular weight is 280 g/mol. The Morgan fingerprint density at radius 1 is 0.950 bits per heavy atom. The van der Waals surface area contributed by atoms with E-state index >= 15 is 0 Å². The number of hydrogen-bond acceptors (Lipinski definition) is 3. The van der Waals surface area contributed by atoms with Crippen molar-refractivity contribution in [2.24, 2.45) is 0 Å². The monoisotopic (exact) mass is 280 g/mol. The Morgan fingerprint density at radius 2 is 1.75 bits per heavy atom. The molecule has 0 spiro atoms. The Morgan fingerprint density at radius 3 is 2.50 bits per heavy atom. The van der Waals surface area contributed by atoms with E-state index in [2.05, 4.69) is 72.0 Å². The van der Waals surface area contributed by atoms with E-state index in [0.717, 1.165) is 22.1 Å². The van der Waals surface area contributed by atoms with Crippen molar-refractivity contribution in [3.8, 4) is 11.3 Å². The number of anilines is 2. The molecule has 0 unspecified atom stereocenters. The third-order valence-electron chi connectivity index (χ3n) is 3.12. The van der Waals surface area contributed by atoms with Crippen LogP contribution < -0.4 is 5.32 Å². The quantitative estimate of drug-likeness (QED) is 0.716. The first-order chi connectivity index (χ1) is 9.70. The first-order valence-electron chi connectivity index (χ1n) is 6.57. The van der Waals surface area contributed by atoms with E-state index in [-0.39, 0.29) is 0 Å². The number of benzene rings is 2. The molecule has 0 radical (unpaired) electrons. The van der Waals surface area contributed by atoms with Gasteiger partial charge in [-0.2, -0.15) is 0 Å². The van der Waals surface area contributed by atoms with E-state index in [9.17, 15) is 0 Å². The van der Waals surface area contributed by atoms with Crippen LogP contribution in [0.5, 0.6) is 0 Å². The zero-order valence-electron chi connectivity index (χ0n) is 11.6. The van der Waals surface area contributed by atoms with Crippen LogP contribution in [0.15, 0.2) is 53.9 Å². The van der Waals surface area contributed by atoms with Gasteiger partial charge in [-0.25, -0.2) is 4.98 Å². The molecule has 0 saturated heterocycles. The normalized spacial score (nSPS) is 10.5. The summed E-state index contributed by atoms with van der Waals surface area (Å²) in [5.74, 6) is 0. The SMILES string of the molecule is Cc1ccc(-c2csc(Nc3cccc(C)c3)n2)cc1. The van der Waals surface area contributed by atoms with Crippen LogP contribution in [0.2, 0.25) is 0 Å². The van der Waals surface area contributed by atoms with Gasteiger partial charge in [0.15, 0.2) is 5.13 Å². The minimum Gasteiger partial charge on any atom is -0.332 e. The van der Waals surface area contributed by atoms with Gasteiger partial charge in [0.05, 0.1) is 5.69 Å². The minimum absolute atomic E-state index is 0.922. The van der Waals surface area contributed by atoms with E-state index < -0.39 is 0 Å². The van der Waals surface area contributed by atoms with Gasteiger partial charge in [0, 0.05) is 16.6 Å². The summed E-state index contributed by atoms with van der Waals surface area (Å²) in [7, 11) is 0. The molecule has 0 fully saturated rings. The topological polar surface area (TPSA) is 24.9 Å². The maximum atomic E-state index is 4.64. The molecule has 1 N–H and O–H groups in total. The van der Waals surface area contributed by atoms with E-state index in [0.29, 0.717) is 0 Å². The molecule has 2 nitrogen and oxygen atoms in total. The van der Waals surface area contributed by atoms with Gasteiger partial charge >= 0.3 is 0 Å². The lowest BCUT2D eigenvalue weighted by molar-refractivity contribution is 1.37. The summed E-state index contributed by atoms with van der Waals surface area (Å²) in [6, 6.07) is 16.8. The molecule has 0 atom stereocenters. The predicted octanol–water partition coefficient (Wildman–Crippen LogP) is 5.17. The van der Waals surface area contributed by atoms with Crippen LogP contribution in [0, 0.1) is 13.8 Å². The van der Waals surface area contributed by atoms with Gasteiger partial charge in [-0.15, -0.1) is 11.3 Å². The lowest BCUT2D eigenvalue weighted by Crippen LogP contribution is -1.89. The Hall–Kier alpha value is -2.13. The third-order valence-corrected chi connectivity index (χ3v) is 3.88. The van der Waals surface area contributed by atoms with Crippen LogP contribution in [0.1, 0.15) is 11.1 Å². The molecule has 0 saturated carbocycles. The highest BCUT2D eigenvalue weighted by molar-refractivity contribution is 7.14. The summed E-state index contributed by atoms with van der Waals surface area (Å²) in [5.41, 5.74) is 5.76. The number of nitrogens with one attached hydrogen (secondary N) is 1. The van der Waals surface area contributed by atoms with E-state index in [1.54, 1.807) is 11.3 Å². The van der Waals surface area contributed by atoms with E-state index in [1.165, 1.54) is 11.1 Å². The maximum Gasteiger partial charge on any atom is 0.187 e. The standard InChI is InChI=1S/C17H16N2S/c1-12-6-8-14(9-7-12)16-11-20-17(19-16)18-15-5-3-4-13(2)10-15/h3-11H,1-2H3,(H,18,19). The average Bonchev–Trinajstić information content (AvgIpc) is 2.88. The zero-order chi connectivity index (χ0) is 13.9. The third kappa shape index (κ3) is 2.89. The minimum atomic E-state index is 0.922. The van der Waals surface area contributed by atoms with Gasteiger partial charge in [0.2, 0.25) is 0 Å². The predicted molar refractivity (Wildman–Crippen MR) is 86.7 cm³/mol. The van der Waals surface area contributed by atoms with Crippen molar-refractivity contribution >= 4 is 22.2 Å². The van der Waals surface area contributed by atoms with Gasteiger partial charge in [-0.05, 0) is 31.5 Å². The van der Waals surface area contributed by atoms with Gasteiger partial charge in [-0.1, -0.05) is 42.0 Å². The zero-order valence-corrected chi connectivity index (χ0v) is 12.4. The number of nitrogens with zero attached hydrogens (tertiary/aromatic N) is 1. The second kappa shape index (κ2) is 5.47. The van der Waals surface area contributed by atoms with Crippen molar-refractivity contribution in [1.82, 2.24) is 4.98 Å². The summed E-state index contributed by atoms with van der Waals surface area (Å²) >= 11 is 1.63. The summed E-state index contributed by atoms with van der Waals surface area (Å²) in [4.78, 5) is 4.64. The molecule has 0 amide bonds. The summed E-state index contributed by atoms with van der Waals surface area (Å²) < 4.78 is 0. The lowest BCUT2D eigenvalue weighted by Gasteiger charge is -2.03. The molecule has 0 aliphatic heterocycles. The highest BCUT2D eigenvalue weighted by Crippen LogP contribution is 2.27. The second-order valence-electron chi connectivity index (χ2n) is 4.90. The highest BCUT2D eigenvalue weighted by Gasteiger charge is 2.04. The van der Waals surface area contributed by atoms with Gasteiger partial charge < -0.3 is 5.32 Å². The number of aromatic nitrogens is 1. The molecule has 3 aromatic rings. The van der Waals surface area contributed by atoms with Crippen molar-refractivity contribution in [2.75, 3.05) is 5.32 Å². The van der Waals surface area contributed by atoms with Gasteiger partial charge in [0.1, 0.15) is 0 Å². The van der Waals surface area contributed by atoms with Crippen LogP contribution in [0.4, 0.5) is 10.8 Å². The van der Waals surface area contributed by atoms with Crippen LogP contribution in [-0.2, 0) is 0 Å². The molecule has 100 valence electrons. The van der Waals surface area contributed by atoms with Crippen LogP contribution in [0.3, 0.4) is 0 Å². The number of thiazole rings is 1. The first kappa shape index (κ1) is 12.9. The molecule has 1 heterocycles. The molecule has 3 rings (SSSR count). The Bertz CT molecular complexity index is 714. The number of aryl methyl sites for hydroxylation is 2. The molecular weight excluding hydrogens is 264 g/mol. The molecular formula is C17H16N2S. The molecule has 20 heavy (non-hydrogen) atoms. The van der Waals surface area contributed by atoms with E-state index in [1.807, 2.05) is 6.07 Å². The molecule has 1 aromatic heterocycles. The maximum absolute atomic E-state index is 4.64. The molecule has 2 aromatic carbocycles. The van der Waals surface area contributed by atoms with Gasteiger partial charge in [-0.3, -0.25) is 0 Å². The smallest absolute Gasteiger partial charge is 0.187 e. The van der Waals surface area contributed by atoms with Crippen molar-refractivity contribution in [3.05, 3.63) is 65.0 Å². The highest BCUT2D eigenvalue weighted by atomic mass is 32.1. The Labute approximate surface area is 123 Å². The van der Waals surface area contributed by atoms with Crippen molar-refractivity contribution in [3.63, 3.8) is 0 Å². The summed E-state index contributed by atoms with van der Waals surface area (Å²) in [5, 5.41) is 6.36. The molecule has 0 aliphatic rings.